The Morgan fingerprint density at radius 2 is 1.97 bits per heavy atom. The van der Waals surface area contributed by atoms with Crippen LogP contribution < -0.4 is 4.74 Å². The fraction of sp³-hybridized carbons (Fsp3) is 0.423. The van der Waals surface area contributed by atoms with Crippen molar-refractivity contribution in [2.24, 2.45) is 5.92 Å². The normalized spacial score (nSPS) is 25.8. The second-order valence-corrected chi connectivity index (χ2v) is 9.08. The number of rotatable bonds is 4. The Labute approximate surface area is 174 Å². The lowest BCUT2D eigenvalue weighted by atomic mass is 9.59. The molecule has 2 aromatic carbocycles. The van der Waals surface area contributed by atoms with Gasteiger partial charge in [0.15, 0.2) is 0 Å². The van der Waals surface area contributed by atoms with E-state index in [-0.39, 0.29) is 11.4 Å². The lowest BCUT2D eigenvalue weighted by molar-refractivity contribution is 0.0395. The smallest absolute Gasteiger partial charge is 0.343 e. The second kappa shape index (κ2) is 7.79. The number of nitrogens with zero attached hydrogens (tertiary/aromatic N) is 1. The molecule has 152 valence electrons. The maximum Gasteiger partial charge on any atom is 0.343 e. The number of likely N-dealkylation sites (tertiary alicyclic amines) is 1. The molecule has 0 N–H and O–H groups in total. The van der Waals surface area contributed by atoms with E-state index in [0.717, 1.165) is 25.9 Å². The van der Waals surface area contributed by atoms with Gasteiger partial charge in [0.1, 0.15) is 5.75 Å². The van der Waals surface area contributed by atoms with Crippen LogP contribution in [0.3, 0.4) is 0 Å². The molecular weight excluding hydrogens is 358 g/mol. The molecule has 2 aliphatic rings. The lowest BCUT2D eigenvalue weighted by Gasteiger charge is -2.54. The number of piperidine rings is 1. The van der Waals surface area contributed by atoms with Crippen LogP contribution in [-0.4, -0.2) is 30.0 Å². The minimum absolute atomic E-state index is 0.120. The van der Waals surface area contributed by atoms with Crippen molar-refractivity contribution < 1.29 is 9.53 Å². The molecule has 0 radical (unpaired) electrons. The van der Waals surface area contributed by atoms with Gasteiger partial charge in [0, 0.05) is 12.6 Å². The first-order valence-electron chi connectivity index (χ1n) is 10.7. The second-order valence-electron chi connectivity index (χ2n) is 9.08. The molecule has 0 amide bonds. The van der Waals surface area contributed by atoms with Crippen LogP contribution in [0.1, 0.15) is 55.6 Å². The molecule has 1 saturated heterocycles. The van der Waals surface area contributed by atoms with Crippen molar-refractivity contribution in [3.05, 3.63) is 76.9 Å². The molecule has 3 atom stereocenters. The van der Waals surface area contributed by atoms with Crippen molar-refractivity contribution in [1.82, 2.24) is 4.90 Å². The van der Waals surface area contributed by atoms with E-state index in [1.807, 2.05) is 24.3 Å². The zero-order chi connectivity index (χ0) is 20.6. The molecular formula is C26H31NO2. The topological polar surface area (TPSA) is 29.5 Å². The minimum atomic E-state index is -0.297. The van der Waals surface area contributed by atoms with Crippen LogP contribution in [0.2, 0.25) is 0 Å². The van der Waals surface area contributed by atoms with E-state index in [4.69, 9.17) is 4.74 Å². The fourth-order valence-corrected chi connectivity index (χ4v) is 5.02. The highest BCUT2D eigenvalue weighted by Crippen LogP contribution is 2.49. The van der Waals surface area contributed by atoms with Gasteiger partial charge in [0.2, 0.25) is 0 Å². The molecule has 3 heteroatoms. The number of hydrogen-bond donors (Lipinski definition) is 0. The molecule has 4 rings (SSSR count). The number of esters is 1. The predicted octanol–water partition coefficient (Wildman–Crippen LogP) is 5.40. The SMILES string of the molecule is CC(C)=CCN1CC[C@@]2(C)c3cc(OC(=O)c4ccccc4)ccc3CC1[C@@H]2C. The van der Waals surface area contributed by atoms with Crippen molar-refractivity contribution >= 4 is 5.97 Å². The Morgan fingerprint density at radius 1 is 1.21 bits per heavy atom. The highest BCUT2D eigenvalue weighted by atomic mass is 16.5. The monoisotopic (exact) mass is 389 g/mol. The van der Waals surface area contributed by atoms with Gasteiger partial charge in [-0.25, -0.2) is 4.79 Å². The van der Waals surface area contributed by atoms with Gasteiger partial charge in [-0.15, -0.1) is 0 Å². The van der Waals surface area contributed by atoms with Crippen LogP contribution in [0.25, 0.3) is 0 Å². The molecule has 0 saturated carbocycles. The van der Waals surface area contributed by atoms with E-state index >= 15 is 0 Å². The third-order valence-corrected chi connectivity index (χ3v) is 7.05. The van der Waals surface area contributed by atoms with E-state index < -0.39 is 0 Å². The summed E-state index contributed by atoms with van der Waals surface area (Å²) in [6, 6.07) is 16.0. The summed E-state index contributed by atoms with van der Waals surface area (Å²) in [4.78, 5) is 15.1. The Hall–Kier alpha value is -2.39. The average Bonchev–Trinajstić information content (AvgIpc) is 2.71. The van der Waals surface area contributed by atoms with Gasteiger partial charge in [-0.2, -0.15) is 0 Å². The number of benzene rings is 2. The summed E-state index contributed by atoms with van der Waals surface area (Å²) in [5, 5.41) is 0. The number of carbonyl (C=O) groups excluding carboxylic acids is 1. The van der Waals surface area contributed by atoms with Crippen molar-refractivity contribution in [1.29, 1.82) is 0 Å². The number of hydrogen-bond acceptors (Lipinski definition) is 3. The van der Waals surface area contributed by atoms with E-state index in [2.05, 4.69) is 50.8 Å². The molecule has 29 heavy (non-hydrogen) atoms. The molecule has 1 unspecified atom stereocenters. The quantitative estimate of drug-likeness (QED) is 0.398. The molecule has 1 fully saturated rings. The third kappa shape index (κ3) is 3.76. The minimum Gasteiger partial charge on any atom is -0.423 e. The zero-order valence-electron chi connectivity index (χ0n) is 17.9. The van der Waals surface area contributed by atoms with E-state index in [1.54, 1.807) is 12.1 Å². The Bertz CT molecular complexity index is 929. The predicted molar refractivity (Wildman–Crippen MR) is 117 cm³/mol. The molecule has 2 aromatic rings. The van der Waals surface area contributed by atoms with Crippen LogP contribution in [0.5, 0.6) is 5.75 Å². The Balaban J connectivity index is 1.59. The molecule has 0 aromatic heterocycles. The molecule has 0 spiro atoms. The van der Waals surface area contributed by atoms with E-state index in [1.165, 1.54) is 16.7 Å². The van der Waals surface area contributed by atoms with Gasteiger partial charge in [-0.3, -0.25) is 4.90 Å². The van der Waals surface area contributed by atoms with Crippen LogP contribution in [0.15, 0.2) is 60.2 Å². The average molecular weight is 390 g/mol. The molecule has 1 aliphatic carbocycles. The number of fused-ring (bicyclic) bond motifs is 4. The Morgan fingerprint density at radius 3 is 2.69 bits per heavy atom. The highest BCUT2D eigenvalue weighted by Gasteiger charge is 2.48. The summed E-state index contributed by atoms with van der Waals surface area (Å²) in [6.45, 7) is 11.3. The summed E-state index contributed by atoms with van der Waals surface area (Å²) < 4.78 is 5.71. The first-order valence-corrected chi connectivity index (χ1v) is 10.7. The largest absolute Gasteiger partial charge is 0.423 e. The van der Waals surface area contributed by atoms with Gasteiger partial charge in [-0.05, 0) is 80.0 Å². The van der Waals surface area contributed by atoms with Crippen molar-refractivity contribution in [2.45, 2.75) is 52.0 Å². The number of ether oxygens (including phenoxy) is 1. The number of carbonyl (C=O) groups is 1. The maximum absolute atomic E-state index is 12.5. The van der Waals surface area contributed by atoms with Gasteiger partial charge in [0.25, 0.3) is 0 Å². The van der Waals surface area contributed by atoms with Crippen LogP contribution >= 0.6 is 0 Å². The molecule has 3 nitrogen and oxygen atoms in total. The Kier molecular flexibility index (Phi) is 5.35. The summed E-state index contributed by atoms with van der Waals surface area (Å²) in [5.41, 5.74) is 4.84. The van der Waals surface area contributed by atoms with Crippen molar-refractivity contribution in [3.63, 3.8) is 0 Å². The van der Waals surface area contributed by atoms with Crippen LogP contribution in [0, 0.1) is 5.92 Å². The summed E-state index contributed by atoms with van der Waals surface area (Å²) in [5.74, 6) is 0.916. The van der Waals surface area contributed by atoms with Crippen molar-refractivity contribution in [3.8, 4) is 5.75 Å². The standard InChI is InChI=1S/C26H31NO2/c1-18(2)12-14-27-15-13-26(4)19(3)24(27)16-21-10-11-22(17-23(21)26)29-25(28)20-8-6-5-7-9-20/h5-12,17,19,24H,13-16H2,1-4H3/t19-,24?,26+/m0/s1. The summed E-state index contributed by atoms with van der Waals surface area (Å²) in [7, 11) is 0. The van der Waals surface area contributed by atoms with E-state index in [0.29, 0.717) is 23.3 Å². The highest BCUT2D eigenvalue weighted by molar-refractivity contribution is 5.91. The summed E-state index contributed by atoms with van der Waals surface area (Å²) in [6.07, 6.45) is 4.54. The lowest BCUT2D eigenvalue weighted by Crippen LogP contribution is -2.57. The van der Waals surface area contributed by atoms with Gasteiger partial charge >= 0.3 is 5.97 Å². The zero-order valence-corrected chi connectivity index (χ0v) is 17.9. The van der Waals surface area contributed by atoms with Crippen LogP contribution in [0.4, 0.5) is 0 Å². The summed E-state index contributed by atoms with van der Waals surface area (Å²) >= 11 is 0. The number of allylic oxidation sites excluding steroid dienone is 1. The molecule has 2 bridgehead atoms. The first-order chi connectivity index (χ1) is 13.9. The van der Waals surface area contributed by atoms with Gasteiger partial charge in [-0.1, -0.05) is 49.8 Å². The van der Waals surface area contributed by atoms with E-state index in [9.17, 15) is 4.79 Å². The van der Waals surface area contributed by atoms with Gasteiger partial charge < -0.3 is 4.74 Å². The third-order valence-electron chi connectivity index (χ3n) is 7.05. The first kappa shape index (κ1) is 19.9. The fourth-order valence-electron chi connectivity index (χ4n) is 5.02. The van der Waals surface area contributed by atoms with Crippen LogP contribution in [-0.2, 0) is 11.8 Å². The van der Waals surface area contributed by atoms with Gasteiger partial charge in [0.05, 0.1) is 5.56 Å². The molecule has 1 aliphatic heterocycles. The maximum atomic E-state index is 12.5. The van der Waals surface area contributed by atoms with Crippen molar-refractivity contribution in [2.75, 3.05) is 13.1 Å². The molecule has 1 heterocycles.